The van der Waals surface area contributed by atoms with Crippen LogP contribution in [-0.2, 0) is 15.1 Å². The first kappa shape index (κ1) is 11.7. The molecule has 3 heteroatoms. The van der Waals surface area contributed by atoms with E-state index in [1.807, 2.05) is 25.1 Å². The monoisotopic (exact) mass is 208 g/mol. The van der Waals surface area contributed by atoms with Crippen LogP contribution in [0.25, 0.3) is 0 Å². The summed E-state index contributed by atoms with van der Waals surface area (Å²) in [6, 6.07) is 7.38. The van der Waals surface area contributed by atoms with Crippen LogP contribution in [0.2, 0.25) is 0 Å². The first-order valence-corrected chi connectivity index (χ1v) is 4.95. The van der Waals surface area contributed by atoms with E-state index in [0.29, 0.717) is 12.2 Å². The van der Waals surface area contributed by atoms with Gasteiger partial charge in [-0.1, -0.05) is 29.8 Å². The number of ether oxygens (including phenoxy) is 1. The Morgan fingerprint density at radius 2 is 2.20 bits per heavy atom. The molecule has 0 fully saturated rings. The summed E-state index contributed by atoms with van der Waals surface area (Å²) in [5, 5.41) is 9.18. The Balaban J connectivity index is 3.15. The topological polar surface area (TPSA) is 46.5 Å². The number of carboxylic acid groups (broad SMARTS) is 1. The lowest BCUT2D eigenvalue weighted by atomic mass is 9.94. The van der Waals surface area contributed by atoms with Gasteiger partial charge in [-0.15, -0.1) is 0 Å². The van der Waals surface area contributed by atoms with Crippen molar-refractivity contribution in [1.82, 2.24) is 0 Å². The van der Waals surface area contributed by atoms with Gasteiger partial charge in [0.15, 0.2) is 5.60 Å². The Labute approximate surface area is 89.7 Å². The number of hydrogen-bond donors (Lipinski definition) is 1. The maximum absolute atomic E-state index is 11.2. The number of benzene rings is 1. The molecule has 1 atom stereocenters. The summed E-state index contributed by atoms with van der Waals surface area (Å²) < 4.78 is 5.33. The lowest BCUT2D eigenvalue weighted by Crippen LogP contribution is -2.35. The van der Waals surface area contributed by atoms with Crippen molar-refractivity contribution < 1.29 is 14.6 Å². The number of carboxylic acids is 1. The largest absolute Gasteiger partial charge is 0.479 e. The highest BCUT2D eigenvalue weighted by Crippen LogP contribution is 2.26. The summed E-state index contributed by atoms with van der Waals surface area (Å²) in [5.41, 5.74) is 0.456. The molecular weight excluding hydrogens is 192 g/mol. The summed E-state index contributed by atoms with van der Waals surface area (Å²) in [6.45, 7) is 5.67. The second-order valence-corrected chi connectivity index (χ2v) is 3.64. The zero-order chi connectivity index (χ0) is 11.5. The molecule has 0 radical (unpaired) electrons. The van der Waals surface area contributed by atoms with Crippen molar-refractivity contribution in [3.63, 3.8) is 0 Å². The Bertz CT molecular complexity index is 360. The van der Waals surface area contributed by atoms with Gasteiger partial charge in [0.25, 0.3) is 0 Å². The third-order valence-electron chi connectivity index (χ3n) is 2.41. The zero-order valence-corrected chi connectivity index (χ0v) is 9.28. The van der Waals surface area contributed by atoms with Gasteiger partial charge in [-0.25, -0.2) is 4.79 Å². The number of carbonyl (C=O) groups is 1. The van der Waals surface area contributed by atoms with Gasteiger partial charge in [-0.05, 0) is 26.3 Å². The fourth-order valence-corrected chi connectivity index (χ4v) is 1.50. The molecule has 0 aliphatic carbocycles. The smallest absolute Gasteiger partial charge is 0.340 e. The van der Waals surface area contributed by atoms with Crippen LogP contribution in [0.3, 0.4) is 0 Å². The van der Waals surface area contributed by atoms with Gasteiger partial charge in [0.2, 0.25) is 0 Å². The van der Waals surface area contributed by atoms with Crippen molar-refractivity contribution in [2.45, 2.75) is 26.4 Å². The highest BCUT2D eigenvalue weighted by Gasteiger charge is 2.35. The minimum Gasteiger partial charge on any atom is -0.479 e. The molecule has 1 aromatic carbocycles. The molecule has 1 aromatic rings. The van der Waals surface area contributed by atoms with Crippen LogP contribution in [0.1, 0.15) is 25.0 Å². The molecule has 0 amide bonds. The summed E-state index contributed by atoms with van der Waals surface area (Å²) in [4.78, 5) is 11.2. The highest BCUT2D eigenvalue weighted by atomic mass is 16.5. The van der Waals surface area contributed by atoms with Crippen molar-refractivity contribution in [1.29, 1.82) is 0 Å². The average molecular weight is 208 g/mol. The van der Waals surface area contributed by atoms with Crippen LogP contribution < -0.4 is 0 Å². The molecule has 0 saturated heterocycles. The minimum absolute atomic E-state index is 0.372. The van der Waals surface area contributed by atoms with E-state index in [0.717, 1.165) is 5.56 Å². The van der Waals surface area contributed by atoms with Gasteiger partial charge < -0.3 is 9.84 Å². The summed E-state index contributed by atoms with van der Waals surface area (Å²) in [7, 11) is 0. The van der Waals surface area contributed by atoms with Crippen LogP contribution in [0, 0.1) is 6.92 Å². The third kappa shape index (κ3) is 2.36. The van der Waals surface area contributed by atoms with Gasteiger partial charge in [-0.2, -0.15) is 0 Å². The number of hydrogen-bond acceptors (Lipinski definition) is 2. The fraction of sp³-hybridized carbons (Fsp3) is 0.417. The van der Waals surface area contributed by atoms with E-state index in [1.165, 1.54) is 0 Å². The van der Waals surface area contributed by atoms with Gasteiger partial charge in [0.1, 0.15) is 0 Å². The second kappa shape index (κ2) is 4.45. The van der Waals surface area contributed by atoms with Crippen molar-refractivity contribution in [2.24, 2.45) is 0 Å². The quantitative estimate of drug-likeness (QED) is 0.826. The number of aliphatic carboxylic acids is 1. The lowest BCUT2D eigenvalue weighted by molar-refractivity contribution is -0.164. The molecule has 0 heterocycles. The van der Waals surface area contributed by atoms with Gasteiger partial charge in [-0.3, -0.25) is 0 Å². The molecule has 0 aromatic heterocycles. The Kier molecular flexibility index (Phi) is 3.48. The molecule has 0 aliphatic rings. The van der Waals surface area contributed by atoms with E-state index in [9.17, 15) is 9.90 Å². The van der Waals surface area contributed by atoms with E-state index in [-0.39, 0.29) is 0 Å². The molecule has 15 heavy (non-hydrogen) atoms. The molecule has 3 nitrogen and oxygen atoms in total. The van der Waals surface area contributed by atoms with Crippen molar-refractivity contribution >= 4 is 5.97 Å². The molecule has 0 saturated carbocycles. The molecule has 0 bridgehead atoms. The molecule has 1 unspecified atom stereocenters. The van der Waals surface area contributed by atoms with Crippen LogP contribution >= 0.6 is 0 Å². The maximum atomic E-state index is 11.2. The predicted molar refractivity (Wildman–Crippen MR) is 57.8 cm³/mol. The predicted octanol–water partition coefficient (Wildman–Crippen LogP) is 2.33. The molecule has 1 N–H and O–H groups in total. The van der Waals surface area contributed by atoms with Crippen molar-refractivity contribution in [2.75, 3.05) is 6.61 Å². The highest BCUT2D eigenvalue weighted by molar-refractivity contribution is 5.79. The second-order valence-electron chi connectivity index (χ2n) is 3.64. The van der Waals surface area contributed by atoms with Crippen LogP contribution in [-0.4, -0.2) is 17.7 Å². The standard InChI is InChI=1S/C12H16O3/c1-4-15-12(3,11(13)14)10-7-5-6-9(2)8-10/h5-8H,4H2,1-3H3,(H,13,14). The molecule has 0 spiro atoms. The first-order valence-electron chi connectivity index (χ1n) is 4.95. The Hall–Kier alpha value is -1.35. The molecule has 0 aliphatic heterocycles. The van der Waals surface area contributed by atoms with Crippen LogP contribution in [0.5, 0.6) is 0 Å². The zero-order valence-electron chi connectivity index (χ0n) is 9.28. The third-order valence-corrected chi connectivity index (χ3v) is 2.41. The van der Waals surface area contributed by atoms with Gasteiger partial charge in [0.05, 0.1) is 0 Å². The number of aryl methyl sites for hydroxylation is 1. The van der Waals surface area contributed by atoms with E-state index >= 15 is 0 Å². The fourth-order valence-electron chi connectivity index (χ4n) is 1.50. The van der Waals surface area contributed by atoms with Crippen LogP contribution in [0.15, 0.2) is 24.3 Å². The molecular formula is C12H16O3. The minimum atomic E-state index is -1.25. The average Bonchev–Trinajstić information content (AvgIpc) is 2.17. The van der Waals surface area contributed by atoms with Crippen molar-refractivity contribution in [3.8, 4) is 0 Å². The van der Waals surface area contributed by atoms with E-state index in [1.54, 1.807) is 19.9 Å². The van der Waals surface area contributed by atoms with Crippen molar-refractivity contribution in [3.05, 3.63) is 35.4 Å². The maximum Gasteiger partial charge on any atom is 0.340 e. The molecule has 82 valence electrons. The Morgan fingerprint density at radius 3 is 2.67 bits per heavy atom. The van der Waals surface area contributed by atoms with Gasteiger partial charge >= 0.3 is 5.97 Å². The summed E-state index contributed by atoms with van der Waals surface area (Å²) >= 11 is 0. The van der Waals surface area contributed by atoms with Crippen LogP contribution in [0.4, 0.5) is 0 Å². The normalized spacial score (nSPS) is 14.6. The van der Waals surface area contributed by atoms with E-state index < -0.39 is 11.6 Å². The first-order chi connectivity index (χ1) is 7.00. The number of rotatable bonds is 4. The SMILES string of the molecule is CCOC(C)(C(=O)O)c1cccc(C)c1. The van der Waals surface area contributed by atoms with Gasteiger partial charge in [0, 0.05) is 6.61 Å². The Morgan fingerprint density at radius 1 is 1.53 bits per heavy atom. The summed E-state index contributed by atoms with van der Waals surface area (Å²) in [5.74, 6) is -0.963. The lowest BCUT2D eigenvalue weighted by Gasteiger charge is -2.25. The van der Waals surface area contributed by atoms with E-state index in [4.69, 9.17) is 4.74 Å². The molecule has 1 rings (SSSR count). The van der Waals surface area contributed by atoms with E-state index in [2.05, 4.69) is 0 Å². The summed E-state index contributed by atoms with van der Waals surface area (Å²) in [6.07, 6.45) is 0.